The molecule has 0 rings (SSSR count). The molecule has 0 aliphatic carbocycles. The summed E-state index contributed by atoms with van der Waals surface area (Å²) in [6.07, 6.45) is 1.94. The van der Waals surface area contributed by atoms with Gasteiger partial charge in [0.05, 0.1) is 0 Å². The fourth-order valence-corrected chi connectivity index (χ4v) is 1.33. The molecule has 88 valence electrons. The summed E-state index contributed by atoms with van der Waals surface area (Å²) < 4.78 is 10.3. The van der Waals surface area contributed by atoms with E-state index in [1.165, 1.54) is 0 Å². The lowest BCUT2D eigenvalue weighted by molar-refractivity contribution is -0.166. The van der Waals surface area contributed by atoms with Crippen LogP contribution in [0.25, 0.3) is 0 Å². The second kappa shape index (κ2) is 5.88. The Morgan fingerprint density at radius 3 is 2.20 bits per heavy atom. The van der Waals surface area contributed by atoms with Crippen molar-refractivity contribution in [2.45, 2.75) is 33.5 Å². The lowest BCUT2D eigenvalue weighted by Crippen LogP contribution is -2.32. The largest absolute Gasteiger partial charge is 0.478 e. The first kappa shape index (κ1) is 14.1. The third-order valence-corrected chi connectivity index (χ3v) is 2.34. The Morgan fingerprint density at radius 2 is 1.87 bits per heavy atom. The lowest BCUT2D eigenvalue weighted by Gasteiger charge is -2.31. The van der Waals surface area contributed by atoms with Crippen LogP contribution in [0.5, 0.6) is 0 Å². The number of carboxylic acid groups (broad SMARTS) is 1. The van der Waals surface area contributed by atoms with Crippen LogP contribution in [0.15, 0.2) is 11.6 Å². The van der Waals surface area contributed by atoms with E-state index in [0.29, 0.717) is 12.0 Å². The van der Waals surface area contributed by atoms with E-state index in [9.17, 15) is 4.79 Å². The van der Waals surface area contributed by atoms with Crippen molar-refractivity contribution in [3.8, 4) is 0 Å². The van der Waals surface area contributed by atoms with Gasteiger partial charge in [0.25, 0.3) is 0 Å². The molecule has 0 atom stereocenters. The molecule has 0 amide bonds. The SMILES string of the molecule is COC(OC)C(C)(C)C/C=C(\C)C(=O)O. The number of allylic oxidation sites excluding steroid dienone is 1. The lowest BCUT2D eigenvalue weighted by atomic mass is 9.87. The second-order valence-electron chi connectivity index (χ2n) is 4.19. The summed E-state index contributed by atoms with van der Waals surface area (Å²) >= 11 is 0. The molecule has 1 N–H and O–H groups in total. The fraction of sp³-hybridized carbons (Fsp3) is 0.727. The molecule has 0 spiro atoms. The van der Waals surface area contributed by atoms with Gasteiger partial charge in [-0.3, -0.25) is 0 Å². The first-order chi connectivity index (χ1) is 6.85. The predicted octanol–water partition coefficient (Wildman–Crippen LogP) is 2.05. The minimum absolute atomic E-state index is 0.250. The Balaban J connectivity index is 4.50. The average Bonchev–Trinajstić information content (AvgIpc) is 2.15. The molecule has 4 heteroatoms. The van der Waals surface area contributed by atoms with Crippen LogP contribution in [0, 0.1) is 5.41 Å². The Morgan fingerprint density at radius 1 is 1.40 bits per heavy atom. The monoisotopic (exact) mass is 216 g/mol. The van der Waals surface area contributed by atoms with Gasteiger partial charge in [-0.2, -0.15) is 0 Å². The van der Waals surface area contributed by atoms with Crippen molar-refractivity contribution < 1.29 is 19.4 Å². The Hall–Kier alpha value is -0.870. The van der Waals surface area contributed by atoms with E-state index in [-0.39, 0.29) is 11.7 Å². The van der Waals surface area contributed by atoms with E-state index in [0.717, 1.165) is 0 Å². The fourth-order valence-electron chi connectivity index (χ4n) is 1.33. The standard InChI is InChI=1S/C11H20O4/c1-8(9(12)13)6-7-11(2,3)10(14-4)15-5/h6,10H,7H2,1-5H3,(H,12,13)/b8-6+. The molecular formula is C11H20O4. The number of aliphatic carboxylic acids is 1. The zero-order valence-electron chi connectivity index (χ0n) is 10.0. The van der Waals surface area contributed by atoms with Crippen molar-refractivity contribution in [3.05, 3.63) is 11.6 Å². The van der Waals surface area contributed by atoms with E-state index in [1.807, 2.05) is 13.8 Å². The van der Waals surface area contributed by atoms with Crippen LogP contribution in [-0.2, 0) is 14.3 Å². The first-order valence-corrected chi connectivity index (χ1v) is 4.80. The molecule has 0 aliphatic heterocycles. The molecule has 0 bridgehead atoms. The molecule has 0 aromatic rings. The van der Waals surface area contributed by atoms with E-state index >= 15 is 0 Å². The highest BCUT2D eigenvalue weighted by atomic mass is 16.7. The first-order valence-electron chi connectivity index (χ1n) is 4.80. The summed E-state index contributed by atoms with van der Waals surface area (Å²) in [7, 11) is 3.15. The summed E-state index contributed by atoms with van der Waals surface area (Å²) in [6, 6.07) is 0. The highest BCUT2D eigenvalue weighted by Crippen LogP contribution is 2.28. The van der Waals surface area contributed by atoms with Gasteiger partial charge >= 0.3 is 5.97 Å². The van der Waals surface area contributed by atoms with E-state index in [4.69, 9.17) is 14.6 Å². The smallest absolute Gasteiger partial charge is 0.330 e. The molecule has 0 saturated heterocycles. The Kier molecular flexibility index (Phi) is 5.54. The van der Waals surface area contributed by atoms with Crippen LogP contribution in [0.1, 0.15) is 27.2 Å². The molecule has 0 radical (unpaired) electrons. The number of hydrogen-bond acceptors (Lipinski definition) is 3. The van der Waals surface area contributed by atoms with Crippen molar-refractivity contribution in [2.75, 3.05) is 14.2 Å². The van der Waals surface area contributed by atoms with Gasteiger partial charge in [-0.1, -0.05) is 19.9 Å². The molecule has 0 unspecified atom stereocenters. The molecular weight excluding hydrogens is 196 g/mol. The second-order valence-corrected chi connectivity index (χ2v) is 4.19. The maximum Gasteiger partial charge on any atom is 0.330 e. The maximum atomic E-state index is 10.6. The van der Waals surface area contributed by atoms with Crippen molar-refractivity contribution in [3.63, 3.8) is 0 Å². The van der Waals surface area contributed by atoms with E-state index in [1.54, 1.807) is 27.2 Å². The minimum atomic E-state index is -0.891. The minimum Gasteiger partial charge on any atom is -0.478 e. The van der Waals surface area contributed by atoms with Gasteiger partial charge in [0.1, 0.15) is 0 Å². The summed E-state index contributed by atoms with van der Waals surface area (Å²) in [5.74, 6) is -0.891. The molecule has 0 heterocycles. The number of rotatable bonds is 6. The van der Waals surface area contributed by atoms with Gasteiger partial charge in [-0.15, -0.1) is 0 Å². The average molecular weight is 216 g/mol. The van der Waals surface area contributed by atoms with Gasteiger partial charge in [0, 0.05) is 25.2 Å². The number of hydrogen-bond donors (Lipinski definition) is 1. The predicted molar refractivity (Wildman–Crippen MR) is 57.6 cm³/mol. The normalized spacial score (nSPS) is 13.3. The summed E-state index contributed by atoms with van der Waals surface area (Å²) in [5.41, 5.74) is 0.0919. The van der Waals surface area contributed by atoms with Crippen LogP contribution in [0.3, 0.4) is 0 Å². The van der Waals surface area contributed by atoms with Crippen molar-refractivity contribution in [2.24, 2.45) is 5.41 Å². The van der Waals surface area contributed by atoms with Gasteiger partial charge in [-0.05, 0) is 13.3 Å². The van der Waals surface area contributed by atoms with Crippen LogP contribution in [-0.4, -0.2) is 31.6 Å². The summed E-state index contributed by atoms with van der Waals surface area (Å²) in [5, 5.41) is 8.70. The molecule has 15 heavy (non-hydrogen) atoms. The highest BCUT2D eigenvalue weighted by molar-refractivity contribution is 5.85. The van der Waals surface area contributed by atoms with Crippen LogP contribution in [0.2, 0.25) is 0 Å². The van der Waals surface area contributed by atoms with Crippen LogP contribution < -0.4 is 0 Å². The molecule has 4 nitrogen and oxygen atoms in total. The summed E-state index contributed by atoms with van der Waals surface area (Å²) in [6.45, 7) is 5.51. The Bertz CT molecular complexity index is 239. The van der Waals surface area contributed by atoms with Gasteiger partial charge < -0.3 is 14.6 Å². The van der Waals surface area contributed by atoms with Crippen molar-refractivity contribution in [1.82, 2.24) is 0 Å². The number of methoxy groups -OCH3 is 2. The quantitative estimate of drug-likeness (QED) is 0.545. The van der Waals surface area contributed by atoms with Gasteiger partial charge in [0.2, 0.25) is 0 Å². The number of carboxylic acids is 1. The highest BCUT2D eigenvalue weighted by Gasteiger charge is 2.28. The maximum absolute atomic E-state index is 10.6. The molecule has 0 fully saturated rings. The third kappa shape index (κ3) is 4.44. The van der Waals surface area contributed by atoms with Crippen LogP contribution >= 0.6 is 0 Å². The third-order valence-electron chi connectivity index (χ3n) is 2.34. The Labute approximate surface area is 90.9 Å². The van der Waals surface area contributed by atoms with Crippen LogP contribution in [0.4, 0.5) is 0 Å². The zero-order chi connectivity index (χ0) is 12.1. The van der Waals surface area contributed by atoms with Crippen molar-refractivity contribution >= 4 is 5.97 Å². The molecule has 0 aromatic heterocycles. The molecule has 0 aromatic carbocycles. The number of carbonyl (C=O) groups is 1. The van der Waals surface area contributed by atoms with E-state index in [2.05, 4.69) is 0 Å². The molecule has 0 aliphatic rings. The van der Waals surface area contributed by atoms with Crippen molar-refractivity contribution in [1.29, 1.82) is 0 Å². The van der Waals surface area contributed by atoms with Gasteiger partial charge in [-0.25, -0.2) is 4.79 Å². The molecule has 0 saturated carbocycles. The number of ether oxygens (including phenoxy) is 2. The van der Waals surface area contributed by atoms with Gasteiger partial charge in [0.15, 0.2) is 6.29 Å². The topological polar surface area (TPSA) is 55.8 Å². The zero-order valence-corrected chi connectivity index (χ0v) is 10.0. The summed E-state index contributed by atoms with van der Waals surface area (Å²) in [4.78, 5) is 10.6. The van der Waals surface area contributed by atoms with E-state index < -0.39 is 5.97 Å².